The maximum Gasteiger partial charge on any atom is 0.0762 e. The van der Waals surface area contributed by atoms with Crippen molar-refractivity contribution in [2.45, 2.75) is 13.0 Å². The Labute approximate surface area is 87.3 Å². The summed E-state index contributed by atoms with van der Waals surface area (Å²) in [6.07, 6.45) is -0.410. The summed E-state index contributed by atoms with van der Waals surface area (Å²) in [6, 6.07) is 5.86. The fourth-order valence-electron chi connectivity index (χ4n) is 1.13. The Bertz CT molecular complexity index is 297. The van der Waals surface area contributed by atoms with Crippen LogP contribution in [0.25, 0.3) is 0 Å². The normalized spacial score (nSPS) is 12.7. The zero-order valence-electron chi connectivity index (χ0n) is 8.08. The van der Waals surface area contributed by atoms with E-state index in [0.717, 1.165) is 15.7 Å². The molecule has 0 aliphatic rings. The minimum Gasteiger partial charge on any atom is -0.389 e. The quantitative estimate of drug-likeness (QED) is 0.864. The maximum atomic E-state index is 9.39. The van der Waals surface area contributed by atoms with Gasteiger partial charge in [0.2, 0.25) is 0 Å². The lowest BCUT2D eigenvalue weighted by molar-refractivity contribution is 0.199. The molecule has 0 aliphatic carbocycles. The Hall–Kier alpha value is -0.540. The molecule has 1 aromatic rings. The molecule has 0 saturated carbocycles. The summed E-state index contributed by atoms with van der Waals surface area (Å²) in [4.78, 5) is 2.01. The average molecular weight is 244 g/mol. The number of hydrogen-bond donors (Lipinski definition) is 1. The second-order valence-corrected chi connectivity index (χ2v) is 4.14. The topological polar surface area (TPSA) is 23.5 Å². The lowest BCUT2D eigenvalue weighted by Gasteiger charge is -2.16. The molecule has 0 radical (unpaired) electrons. The second kappa shape index (κ2) is 4.11. The number of aliphatic hydroxyl groups excluding tert-OH is 1. The van der Waals surface area contributed by atoms with E-state index < -0.39 is 6.10 Å². The molecule has 2 nitrogen and oxygen atoms in total. The lowest BCUT2D eigenvalue weighted by atomic mass is 10.1. The van der Waals surface area contributed by atoms with Crippen molar-refractivity contribution >= 4 is 21.6 Å². The molecule has 0 aromatic heterocycles. The van der Waals surface area contributed by atoms with Crippen LogP contribution in [-0.2, 0) is 0 Å². The summed E-state index contributed by atoms with van der Waals surface area (Å²) < 4.78 is 1.04. The van der Waals surface area contributed by atoms with Gasteiger partial charge in [-0.3, -0.25) is 0 Å². The van der Waals surface area contributed by atoms with Crippen molar-refractivity contribution in [3.63, 3.8) is 0 Å². The molecule has 0 fully saturated rings. The summed E-state index contributed by atoms with van der Waals surface area (Å²) in [7, 11) is 3.96. The first-order valence-corrected chi connectivity index (χ1v) is 4.96. The Morgan fingerprint density at radius 3 is 2.46 bits per heavy atom. The van der Waals surface area contributed by atoms with Gasteiger partial charge in [0.1, 0.15) is 0 Å². The molecular formula is C10H14BrNO. The summed E-state index contributed by atoms with van der Waals surface area (Å²) in [6.45, 7) is 1.77. The first-order valence-electron chi connectivity index (χ1n) is 4.17. The Kier molecular flexibility index (Phi) is 3.33. The molecule has 0 heterocycles. The highest BCUT2D eigenvalue weighted by Crippen LogP contribution is 2.27. The Morgan fingerprint density at radius 2 is 2.00 bits per heavy atom. The van der Waals surface area contributed by atoms with E-state index in [2.05, 4.69) is 15.9 Å². The largest absolute Gasteiger partial charge is 0.389 e. The van der Waals surface area contributed by atoms with E-state index in [-0.39, 0.29) is 0 Å². The van der Waals surface area contributed by atoms with Crippen LogP contribution in [0.1, 0.15) is 18.6 Å². The van der Waals surface area contributed by atoms with Gasteiger partial charge in [-0.2, -0.15) is 0 Å². The molecule has 0 bridgehead atoms. The number of halogens is 1. The standard InChI is InChI=1S/C10H14BrNO/c1-7(13)8-4-5-9(11)10(6-8)12(2)3/h4-7,13H,1-3H3. The number of rotatable bonds is 2. The molecule has 3 heteroatoms. The smallest absolute Gasteiger partial charge is 0.0762 e. The molecule has 1 rings (SSSR count). The van der Waals surface area contributed by atoms with Crippen molar-refractivity contribution in [3.05, 3.63) is 28.2 Å². The van der Waals surface area contributed by atoms with Crippen LogP contribution in [0.5, 0.6) is 0 Å². The van der Waals surface area contributed by atoms with Crippen molar-refractivity contribution in [3.8, 4) is 0 Å². The van der Waals surface area contributed by atoms with E-state index in [1.165, 1.54) is 0 Å². The average Bonchev–Trinajstić information content (AvgIpc) is 2.04. The SMILES string of the molecule is CC(O)c1ccc(Br)c(N(C)C)c1. The van der Waals surface area contributed by atoms with Crippen molar-refractivity contribution < 1.29 is 5.11 Å². The predicted octanol–water partition coefficient (Wildman–Crippen LogP) is 2.57. The first kappa shape index (κ1) is 10.5. The second-order valence-electron chi connectivity index (χ2n) is 3.28. The highest BCUT2D eigenvalue weighted by Gasteiger charge is 2.06. The molecule has 0 saturated heterocycles. The number of benzene rings is 1. The van der Waals surface area contributed by atoms with Gasteiger partial charge in [0.05, 0.1) is 11.8 Å². The maximum absolute atomic E-state index is 9.39. The first-order chi connectivity index (χ1) is 6.02. The van der Waals surface area contributed by atoms with Gasteiger partial charge in [0, 0.05) is 18.6 Å². The molecule has 1 N–H and O–H groups in total. The molecule has 0 spiro atoms. The van der Waals surface area contributed by atoms with Gasteiger partial charge in [-0.25, -0.2) is 0 Å². The van der Waals surface area contributed by atoms with Crippen molar-refractivity contribution in [2.75, 3.05) is 19.0 Å². The van der Waals surface area contributed by atoms with Gasteiger partial charge in [-0.1, -0.05) is 6.07 Å². The molecule has 72 valence electrons. The molecule has 1 atom stereocenters. The minimum atomic E-state index is -0.410. The number of aliphatic hydroxyl groups is 1. The molecule has 0 amide bonds. The zero-order valence-corrected chi connectivity index (χ0v) is 9.67. The fourth-order valence-corrected chi connectivity index (χ4v) is 1.73. The van der Waals surface area contributed by atoms with Gasteiger partial charge in [0.15, 0.2) is 0 Å². The third-order valence-corrected chi connectivity index (χ3v) is 2.60. The van der Waals surface area contributed by atoms with Crippen LogP contribution >= 0.6 is 15.9 Å². The van der Waals surface area contributed by atoms with Crippen LogP contribution in [-0.4, -0.2) is 19.2 Å². The molecule has 1 aromatic carbocycles. The number of nitrogens with zero attached hydrogens (tertiary/aromatic N) is 1. The van der Waals surface area contributed by atoms with E-state index in [4.69, 9.17) is 0 Å². The van der Waals surface area contributed by atoms with Crippen LogP contribution < -0.4 is 4.90 Å². The summed E-state index contributed by atoms with van der Waals surface area (Å²) in [5, 5.41) is 9.39. The Balaban J connectivity index is 3.11. The lowest BCUT2D eigenvalue weighted by Crippen LogP contribution is -2.10. The van der Waals surface area contributed by atoms with Crippen molar-refractivity contribution in [1.82, 2.24) is 0 Å². The molecule has 13 heavy (non-hydrogen) atoms. The fraction of sp³-hybridized carbons (Fsp3) is 0.400. The number of anilines is 1. The van der Waals surface area contributed by atoms with Gasteiger partial charge in [-0.15, -0.1) is 0 Å². The molecular weight excluding hydrogens is 230 g/mol. The highest BCUT2D eigenvalue weighted by molar-refractivity contribution is 9.10. The summed E-state index contributed by atoms with van der Waals surface area (Å²) in [5.41, 5.74) is 2.02. The van der Waals surface area contributed by atoms with E-state index in [1.807, 2.05) is 37.2 Å². The Morgan fingerprint density at radius 1 is 1.38 bits per heavy atom. The van der Waals surface area contributed by atoms with Gasteiger partial charge in [-0.05, 0) is 40.5 Å². The predicted molar refractivity (Wildman–Crippen MR) is 59.1 cm³/mol. The molecule has 0 aliphatic heterocycles. The van der Waals surface area contributed by atoms with Crippen LogP contribution in [0.4, 0.5) is 5.69 Å². The highest BCUT2D eigenvalue weighted by atomic mass is 79.9. The van der Waals surface area contributed by atoms with E-state index in [1.54, 1.807) is 6.92 Å². The van der Waals surface area contributed by atoms with E-state index in [0.29, 0.717) is 0 Å². The minimum absolute atomic E-state index is 0.410. The van der Waals surface area contributed by atoms with Crippen LogP contribution in [0.15, 0.2) is 22.7 Å². The van der Waals surface area contributed by atoms with E-state index in [9.17, 15) is 5.11 Å². The number of hydrogen-bond acceptors (Lipinski definition) is 2. The van der Waals surface area contributed by atoms with E-state index >= 15 is 0 Å². The van der Waals surface area contributed by atoms with Gasteiger partial charge >= 0.3 is 0 Å². The molecule has 1 unspecified atom stereocenters. The van der Waals surface area contributed by atoms with Gasteiger partial charge < -0.3 is 10.0 Å². The summed E-state index contributed by atoms with van der Waals surface area (Å²) in [5.74, 6) is 0. The zero-order chi connectivity index (χ0) is 10.0. The summed E-state index contributed by atoms with van der Waals surface area (Å²) >= 11 is 3.46. The van der Waals surface area contributed by atoms with Crippen molar-refractivity contribution in [1.29, 1.82) is 0 Å². The van der Waals surface area contributed by atoms with Crippen LogP contribution in [0.2, 0.25) is 0 Å². The van der Waals surface area contributed by atoms with Gasteiger partial charge in [0.25, 0.3) is 0 Å². The third-order valence-electron chi connectivity index (χ3n) is 1.93. The van der Waals surface area contributed by atoms with Crippen molar-refractivity contribution in [2.24, 2.45) is 0 Å². The third kappa shape index (κ3) is 2.45. The van der Waals surface area contributed by atoms with Crippen LogP contribution in [0, 0.1) is 0 Å². The van der Waals surface area contributed by atoms with Crippen LogP contribution in [0.3, 0.4) is 0 Å². The monoisotopic (exact) mass is 243 g/mol.